The number of nitrogens with zero attached hydrogens (tertiary/aromatic N) is 3. The van der Waals surface area contributed by atoms with Gasteiger partial charge in [0.2, 0.25) is 5.13 Å². The topological polar surface area (TPSA) is 50.7 Å². The van der Waals surface area contributed by atoms with E-state index in [0.29, 0.717) is 0 Å². The first-order valence-corrected chi connectivity index (χ1v) is 6.15. The van der Waals surface area contributed by atoms with Crippen LogP contribution in [0.15, 0.2) is 24.5 Å². The lowest BCUT2D eigenvalue weighted by molar-refractivity contribution is 0.877. The van der Waals surface area contributed by atoms with Crippen molar-refractivity contribution in [2.24, 2.45) is 0 Å². The van der Waals surface area contributed by atoms with Crippen molar-refractivity contribution in [1.82, 2.24) is 15.2 Å². The zero-order chi connectivity index (χ0) is 11.2. The Kier molecular flexibility index (Phi) is 3.82. The summed E-state index contributed by atoms with van der Waals surface area (Å²) in [6.07, 6.45) is 5.70. The Balaban J connectivity index is 1.89. The van der Waals surface area contributed by atoms with E-state index >= 15 is 0 Å². The molecule has 16 heavy (non-hydrogen) atoms. The van der Waals surface area contributed by atoms with Crippen LogP contribution in [0.2, 0.25) is 0 Å². The monoisotopic (exact) mass is 234 g/mol. The van der Waals surface area contributed by atoms with Gasteiger partial charge in [-0.25, -0.2) is 0 Å². The first-order chi connectivity index (χ1) is 7.88. The van der Waals surface area contributed by atoms with E-state index in [1.807, 2.05) is 12.1 Å². The number of aromatic nitrogens is 3. The number of pyridine rings is 1. The van der Waals surface area contributed by atoms with Crippen LogP contribution in [0.3, 0.4) is 0 Å². The van der Waals surface area contributed by atoms with Gasteiger partial charge in [-0.15, -0.1) is 10.2 Å². The summed E-state index contributed by atoms with van der Waals surface area (Å²) in [5.74, 6) is 0. The van der Waals surface area contributed by atoms with Crippen LogP contribution in [-0.2, 0) is 13.0 Å². The third-order valence-corrected chi connectivity index (χ3v) is 3.06. The average molecular weight is 234 g/mol. The van der Waals surface area contributed by atoms with Gasteiger partial charge in [-0.2, -0.15) is 0 Å². The molecule has 0 amide bonds. The zero-order valence-electron chi connectivity index (χ0n) is 9.18. The average Bonchev–Trinajstić information content (AvgIpc) is 2.76. The van der Waals surface area contributed by atoms with Gasteiger partial charge in [-0.05, 0) is 24.1 Å². The van der Waals surface area contributed by atoms with E-state index in [0.717, 1.165) is 29.5 Å². The van der Waals surface area contributed by atoms with Gasteiger partial charge in [0.15, 0.2) is 0 Å². The molecule has 4 nitrogen and oxygen atoms in total. The first-order valence-electron chi connectivity index (χ1n) is 5.33. The highest BCUT2D eigenvalue weighted by Crippen LogP contribution is 2.17. The lowest BCUT2D eigenvalue weighted by Crippen LogP contribution is -1.98. The van der Waals surface area contributed by atoms with E-state index < -0.39 is 0 Å². The van der Waals surface area contributed by atoms with E-state index in [1.165, 1.54) is 5.56 Å². The molecule has 1 N–H and O–H groups in total. The highest BCUT2D eigenvalue weighted by molar-refractivity contribution is 7.15. The number of aryl methyl sites for hydroxylation is 1. The summed E-state index contributed by atoms with van der Waals surface area (Å²) >= 11 is 1.63. The minimum atomic E-state index is 0.767. The third kappa shape index (κ3) is 3.00. The van der Waals surface area contributed by atoms with Crippen LogP contribution < -0.4 is 5.32 Å². The summed E-state index contributed by atoms with van der Waals surface area (Å²) in [7, 11) is 0. The molecule has 0 fully saturated rings. The van der Waals surface area contributed by atoms with Crippen molar-refractivity contribution >= 4 is 16.5 Å². The summed E-state index contributed by atoms with van der Waals surface area (Å²) in [5.41, 5.74) is 1.20. The molecule has 2 rings (SSSR count). The van der Waals surface area contributed by atoms with Gasteiger partial charge in [0.05, 0.1) is 0 Å². The first kappa shape index (κ1) is 11.0. The molecule has 0 aliphatic rings. The largest absolute Gasteiger partial charge is 0.356 e. The molecule has 0 aliphatic heterocycles. The summed E-state index contributed by atoms with van der Waals surface area (Å²) in [6, 6.07) is 3.97. The molecule has 5 heteroatoms. The number of hydrogen-bond donors (Lipinski definition) is 1. The molecule has 84 valence electrons. The highest BCUT2D eigenvalue weighted by Gasteiger charge is 2.02. The minimum Gasteiger partial charge on any atom is -0.356 e. The SMILES string of the molecule is CCCc1nnc(NCc2ccncc2)s1. The predicted octanol–water partition coefficient (Wildman–Crippen LogP) is 2.50. The number of nitrogens with one attached hydrogen (secondary N) is 1. The lowest BCUT2D eigenvalue weighted by atomic mass is 10.3. The fourth-order valence-corrected chi connectivity index (χ4v) is 2.16. The fourth-order valence-electron chi connectivity index (χ4n) is 1.32. The van der Waals surface area contributed by atoms with E-state index in [-0.39, 0.29) is 0 Å². The maximum atomic E-state index is 4.11. The van der Waals surface area contributed by atoms with Crippen molar-refractivity contribution in [2.45, 2.75) is 26.3 Å². The standard InChI is InChI=1S/C11H14N4S/c1-2-3-10-14-15-11(16-10)13-8-9-4-6-12-7-5-9/h4-7H,2-3,8H2,1H3,(H,13,15). The van der Waals surface area contributed by atoms with Crippen LogP contribution in [-0.4, -0.2) is 15.2 Å². The molecule has 0 spiro atoms. The Morgan fingerprint density at radius 3 is 2.81 bits per heavy atom. The molecule has 0 bridgehead atoms. The Morgan fingerprint density at radius 2 is 2.06 bits per heavy atom. The van der Waals surface area contributed by atoms with E-state index in [1.54, 1.807) is 23.7 Å². The van der Waals surface area contributed by atoms with Crippen LogP contribution in [0, 0.1) is 0 Å². The highest BCUT2D eigenvalue weighted by atomic mass is 32.1. The van der Waals surface area contributed by atoms with Crippen molar-refractivity contribution in [3.63, 3.8) is 0 Å². The minimum absolute atomic E-state index is 0.767. The molecule has 0 saturated heterocycles. The van der Waals surface area contributed by atoms with Crippen LogP contribution in [0.1, 0.15) is 23.9 Å². The van der Waals surface area contributed by atoms with Crippen LogP contribution >= 0.6 is 11.3 Å². The van der Waals surface area contributed by atoms with Gasteiger partial charge in [-0.1, -0.05) is 18.3 Å². The fraction of sp³-hybridized carbons (Fsp3) is 0.364. The molecule has 0 aromatic carbocycles. The van der Waals surface area contributed by atoms with Crippen molar-refractivity contribution < 1.29 is 0 Å². The number of anilines is 1. The van der Waals surface area contributed by atoms with Gasteiger partial charge < -0.3 is 5.32 Å². The number of rotatable bonds is 5. The predicted molar refractivity (Wildman–Crippen MR) is 65.5 cm³/mol. The maximum absolute atomic E-state index is 4.11. The van der Waals surface area contributed by atoms with E-state index in [2.05, 4.69) is 27.4 Å². The molecule has 0 saturated carbocycles. The van der Waals surface area contributed by atoms with Crippen molar-refractivity contribution in [2.75, 3.05) is 5.32 Å². The summed E-state index contributed by atoms with van der Waals surface area (Å²) in [4.78, 5) is 3.98. The Labute approximate surface area is 98.8 Å². The maximum Gasteiger partial charge on any atom is 0.205 e. The van der Waals surface area contributed by atoms with Gasteiger partial charge >= 0.3 is 0 Å². The van der Waals surface area contributed by atoms with Crippen molar-refractivity contribution in [3.05, 3.63) is 35.1 Å². The second-order valence-corrected chi connectivity index (χ2v) is 4.52. The van der Waals surface area contributed by atoms with Gasteiger partial charge in [0.1, 0.15) is 5.01 Å². The molecule has 2 aromatic rings. The summed E-state index contributed by atoms with van der Waals surface area (Å²) < 4.78 is 0. The van der Waals surface area contributed by atoms with Crippen LogP contribution in [0.4, 0.5) is 5.13 Å². The third-order valence-electron chi connectivity index (χ3n) is 2.12. The summed E-state index contributed by atoms with van der Waals surface area (Å²) in [6.45, 7) is 2.91. The summed E-state index contributed by atoms with van der Waals surface area (Å²) in [5, 5.41) is 13.4. The lowest BCUT2D eigenvalue weighted by Gasteiger charge is -2.00. The Hall–Kier alpha value is -1.49. The smallest absolute Gasteiger partial charge is 0.205 e. The molecular weight excluding hydrogens is 220 g/mol. The van der Waals surface area contributed by atoms with Gasteiger partial charge in [0.25, 0.3) is 0 Å². The van der Waals surface area contributed by atoms with Crippen molar-refractivity contribution in [1.29, 1.82) is 0 Å². The number of hydrogen-bond acceptors (Lipinski definition) is 5. The van der Waals surface area contributed by atoms with E-state index in [4.69, 9.17) is 0 Å². The second-order valence-electron chi connectivity index (χ2n) is 3.46. The molecule has 2 heterocycles. The van der Waals surface area contributed by atoms with Crippen LogP contribution in [0.25, 0.3) is 0 Å². The quantitative estimate of drug-likeness (QED) is 0.863. The normalized spacial score (nSPS) is 10.3. The van der Waals surface area contributed by atoms with Gasteiger partial charge in [-0.3, -0.25) is 4.98 Å². The molecule has 0 unspecified atom stereocenters. The van der Waals surface area contributed by atoms with Gasteiger partial charge in [0, 0.05) is 25.4 Å². The van der Waals surface area contributed by atoms with Crippen LogP contribution in [0.5, 0.6) is 0 Å². The molecule has 2 aromatic heterocycles. The molecule has 0 aliphatic carbocycles. The molecular formula is C11H14N4S. The molecule has 0 radical (unpaired) electrons. The van der Waals surface area contributed by atoms with E-state index in [9.17, 15) is 0 Å². The Bertz CT molecular complexity index is 427. The zero-order valence-corrected chi connectivity index (χ0v) is 10.00. The Morgan fingerprint density at radius 1 is 1.25 bits per heavy atom. The molecule has 0 atom stereocenters. The van der Waals surface area contributed by atoms with Crippen molar-refractivity contribution in [3.8, 4) is 0 Å². The second kappa shape index (κ2) is 5.55.